The van der Waals surface area contributed by atoms with E-state index in [1.807, 2.05) is 48.5 Å². The van der Waals surface area contributed by atoms with Crippen LogP contribution >= 0.6 is 0 Å². The van der Waals surface area contributed by atoms with E-state index in [-0.39, 0.29) is 0 Å². The van der Waals surface area contributed by atoms with Crippen LogP contribution in [0.25, 0.3) is 0 Å². The Balaban J connectivity index is 1.57. The first-order valence-corrected chi connectivity index (χ1v) is 8.29. The molecule has 0 amide bonds. The van der Waals surface area contributed by atoms with Gasteiger partial charge < -0.3 is 15.3 Å². The molecule has 0 spiro atoms. The van der Waals surface area contributed by atoms with Gasteiger partial charge >= 0.3 is 5.97 Å². The van der Waals surface area contributed by atoms with Gasteiger partial charge in [-0.3, -0.25) is 0 Å². The van der Waals surface area contributed by atoms with Crippen molar-refractivity contribution in [1.29, 1.82) is 0 Å². The molecule has 3 rings (SSSR count). The molecule has 0 saturated carbocycles. The van der Waals surface area contributed by atoms with Crippen molar-refractivity contribution >= 4 is 11.7 Å². The maximum atomic E-state index is 11.5. The lowest BCUT2D eigenvalue weighted by atomic mass is 10.1. The maximum Gasteiger partial charge on any atom is 0.349 e. The molecule has 5 heteroatoms. The molecule has 26 heavy (non-hydrogen) atoms. The normalized spacial score (nSPS) is 11.5. The third-order valence-corrected chi connectivity index (χ3v) is 3.80. The van der Waals surface area contributed by atoms with Crippen molar-refractivity contribution in [2.75, 3.05) is 5.43 Å². The highest BCUT2D eigenvalue weighted by Crippen LogP contribution is 2.22. The summed E-state index contributed by atoms with van der Waals surface area (Å²) in [6, 6.07) is 26.1. The van der Waals surface area contributed by atoms with Crippen molar-refractivity contribution in [2.45, 2.75) is 12.6 Å². The molecular weight excluding hydrogens is 328 g/mol. The summed E-state index contributed by atoms with van der Waals surface area (Å²) in [6.45, 7) is 0.621. The second kappa shape index (κ2) is 8.69. The lowest BCUT2D eigenvalue weighted by molar-refractivity contribution is -0.145. The number of nitrogens with one attached hydrogen (secondary N) is 2. The van der Waals surface area contributed by atoms with Crippen LogP contribution in [0.5, 0.6) is 5.75 Å². The van der Waals surface area contributed by atoms with Crippen molar-refractivity contribution in [1.82, 2.24) is 5.43 Å². The van der Waals surface area contributed by atoms with Crippen LogP contribution in [0.2, 0.25) is 0 Å². The Hall–Kier alpha value is -3.31. The molecule has 0 aliphatic carbocycles. The molecule has 0 aliphatic heterocycles. The Kier molecular flexibility index (Phi) is 5.85. The van der Waals surface area contributed by atoms with Gasteiger partial charge in [0.1, 0.15) is 5.75 Å². The number of hydrogen-bond acceptors (Lipinski definition) is 4. The average Bonchev–Trinajstić information content (AvgIpc) is 2.68. The summed E-state index contributed by atoms with van der Waals surface area (Å²) < 4.78 is 5.66. The predicted molar refractivity (Wildman–Crippen MR) is 101 cm³/mol. The maximum absolute atomic E-state index is 11.5. The van der Waals surface area contributed by atoms with E-state index in [2.05, 4.69) is 10.9 Å². The van der Waals surface area contributed by atoms with Gasteiger partial charge in [0.05, 0.1) is 0 Å². The number of anilines is 1. The highest BCUT2D eigenvalue weighted by molar-refractivity contribution is 5.74. The molecule has 0 aliphatic rings. The lowest BCUT2D eigenvalue weighted by Gasteiger charge is -2.16. The van der Waals surface area contributed by atoms with Crippen LogP contribution in [0.4, 0.5) is 5.69 Å². The number of hydrogen-bond donors (Lipinski definition) is 3. The molecular formula is C21H20N2O3. The second-order valence-corrected chi connectivity index (χ2v) is 5.74. The number of carboxylic acids is 1. The van der Waals surface area contributed by atoms with E-state index in [1.54, 1.807) is 36.4 Å². The van der Waals surface area contributed by atoms with E-state index in [0.29, 0.717) is 17.9 Å². The molecule has 5 nitrogen and oxygen atoms in total. The fraction of sp³-hybridized carbons (Fsp3) is 0.0952. The summed E-state index contributed by atoms with van der Waals surface area (Å²) in [6.07, 6.45) is -1.03. The van der Waals surface area contributed by atoms with Gasteiger partial charge in [-0.05, 0) is 29.8 Å². The van der Waals surface area contributed by atoms with Crippen LogP contribution in [0.15, 0.2) is 84.9 Å². The van der Waals surface area contributed by atoms with Gasteiger partial charge in [0.2, 0.25) is 6.10 Å². The van der Waals surface area contributed by atoms with E-state index >= 15 is 0 Å². The van der Waals surface area contributed by atoms with E-state index in [0.717, 1.165) is 11.3 Å². The van der Waals surface area contributed by atoms with Crippen molar-refractivity contribution in [3.63, 3.8) is 0 Å². The zero-order valence-electron chi connectivity index (χ0n) is 14.1. The van der Waals surface area contributed by atoms with Crippen LogP contribution in [0, 0.1) is 0 Å². The molecule has 132 valence electrons. The summed E-state index contributed by atoms with van der Waals surface area (Å²) in [5.74, 6) is -0.505. The highest BCUT2D eigenvalue weighted by Gasteiger charge is 2.21. The number of carboxylic acid groups (broad SMARTS) is 1. The van der Waals surface area contributed by atoms with E-state index in [4.69, 9.17) is 4.74 Å². The standard InChI is InChI=1S/C21H20N2O3/c24-21(25)20(17-7-3-1-4-8-17)26-19-13-11-16(12-14-19)15-22-23-18-9-5-2-6-10-18/h1-14,20,22-23H,15H2,(H,24,25). The number of rotatable bonds is 8. The van der Waals surface area contributed by atoms with Gasteiger partial charge in [-0.25, -0.2) is 10.2 Å². The number of para-hydroxylation sites is 1. The Morgan fingerprint density at radius 3 is 2.12 bits per heavy atom. The van der Waals surface area contributed by atoms with E-state index in [1.165, 1.54) is 0 Å². The van der Waals surface area contributed by atoms with E-state index in [9.17, 15) is 9.90 Å². The number of hydrazine groups is 1. The minimum atomic E-state index is -1.03. The molecule has 3 aromatic rings. The van der Waals surface area contributed by atoms with Gasteiger partial charge in [0.15, 0.2) is 0 Å². The van der Waals surface area contributed by atoms with Crippen molar-refractivity contribution in [2.24, 2.45) is 0 Å². The molecule has 1 unspecified atom stereocenters. The molecule has 0 saturated heterocycles. The van der Waals surface area contributed by atoms with Gasteiger partial charge in [-0.2, -0.15) is 0 Å². The average molecular weight is 348 g/mol. The van der Waals surface area contributed by atoms with Gasteiger partial charge in [-0.1, -0.05) is 60.7 Å². The van der Waals surface area contributed by atoms with Crippen LogP contribution in [-0.2, 0) is 11.3 Å². The molecule has 0 aromatic heterocycles. The first-order valence-electron chi connectivity index (χ1n) is 8.29. The largest absolute Gasteiger partial charge is 0.478 e. The van der Waals surface area contributed by atoms with Crippen LogP contribution < -0.4 is 15.6 Å². The van der Waals surface area contributed by atoms with Crippen LogP contribution in [0.3, 0.4) is 0 Å². The number of carbonyl (C=O) groups is 1. The Labute approximate surface area is 152 Å². The zero-order valence-corrected chi connectivity index (χ0v) is 14.1. The quantitative estimate of drug-likeness (QED) is 0.537. The molecule has 0 radical (unpaired) electrons. The van der Waals surface area contributed by atoms with Crippen LogP contribution in [0.1, 0.15) is 17.2 Å². The smallest absolute Gasteiger partial charge is 0.349 e. The number of ether oxygens (including phenoxy) is 1. The monoisotopic (exact) mass is 348 g/mol. The fourth-order valence-corrected chi connectivity index (χ4v) is 2.48. The molecule has 3 aromatic carbocycles. The molecule has 0 fully saturated rings. The molecule has 0 heterocycles. The Morgan fingerprint density at radius 1 is 0.885 bits per heavy atom. The Bertz CT molecular complexity index is 821. The highest BCUT2D eigenvalue weighted by atomic mass is 16.5. The number of aliphatic carboxylic acids is 1. The summed E-state index contributed by atoms with van der Waals surface area (Å²) in [4.78, 5) is 11.5. The molecule has 1 atom stereocenters. The SMILES string of the molecule is O=C(O)C(Oc1ccc(CNNc2ccccc2)cc1)c1ccccc1. The lowest BCUT2D eigenvalue weighted by Crippen LogP contribution is -2.20. The summed E-state index contributed by atoms with van der Waals surface area (Å²) in [7, 11) is 0. The summed E-state index contributed by atoms with van der Waals surface area (Å²) >= 11 is 0. The fourth-order valence-electron chi connectivity index (χ4n) is 2.48. The van der Waals surface area contributed by atoms with Crippen LogP contribution in [-0.4, -0.2) is 11.1 Å². The summed E-state index contributed by atoms with van der Waals surface area (Å²) in [5, 5.41) is 9.42. The van der Waals surface area contributed by atoms with Crippen molar-refractivity contribution in [3.05, 3.63) is 96.1 Å². The topological polar surface area (TPSA) is 70.6 Å². The minimum absolute atomic E-state index is 0.515. The minimum Gasteiger partial charge on any atom is -0.478 e. The Morgan fingerprint density at radius 2 is 1.50 bits per heavy atom. The first kappa shape index (κ1) is 17.5. The van der Waals surface area contributed by atoms with E-state index < -0.39 is 12.1 Å². The third-order valence-electron chi connectivity index (χ3n) is 3.80. The first-order chi connectivity index (χ1) is 12.7. The third kappa shape index (κ3) is 4.84. The van der Waals surface area contributed by atoms with Gasteiger partial charge in [0, 0.05) is 17.8 Å². The van der Waals surface area contributed by atoms with Gasteiger partial charge in [-0.15, -0.1) is 0 Å². The van der Waals surface area contributed by atoms with Crippen molar-refractivity contribution < 1.29 is 14.6 Å². The number of benzene rings is 3. The predicted octanol–water partition coefficient (Wildman–Crippen LogP) is 4.01. The zero-order chi connectivity index (χ0) is 18.2. The van der Waals surface area contributed by atoms with Gasteiger partial charge in [0.25, 0.3) is 0 Å². The molecule has 3 N–H and O–H groups in total. The summed E-state index contributed by atoms with van der Waals surface area (Å²) in [5.41, 5.74) is 8.90. The van der Waals surface area contributed by atoms with Crippen molar-refractivity contribution in [3.8, 4) is 5.75 Å². The molecule has 0 bridgehead atoms. The second-order valence-electron chi connectivity index (χ2n) is 5.74.